The number of Topliss-reactive ketones (excluding diaryl/α,β-unsaturated/α-hetero) is 1. The minimum absolute atomic E-state index is 0.0634. The minimum Gasteiger partial charge on any atom is -0.497 e. The van der Waals surface area contributed by atoms with Crippen molar-refractivity contribution in [3.05, 3.63) is 124 Å². The van der Waals surface area contributed by atoms with Crippen molar-refractivity contribution in [1.29, 1.82) is 0 Å². The molecule has 216 valence electrons. The first kappa shape index (κ1) is 27.8. The number of ether oxygens (including phenoxy) is 5. The van der Waals surface area contributed by atoms with Gasteiger partial charge in [0.2, 0.25) is 5.78 Å². The van der Waals surface area contributed by atoms with Crippen molar-refractivity contribution in [1.82, 2.24) is 0 Å². The molecule has 0 amide bonds. The van der Waals surface area contributed by atoms with Crippen molar-refractivity contribution in [2.45, 2.75) is 18.8 Å². The predicted octanol–water partition coefficient (Wildman–Crippen LogP) is 6.16. The molecule has 2 aliphatic rings. The van der Waals surface area contributed by atoms with E-state index in [4.69, 9.17) is 23.7 Å². The maximum absolute atomic E-state index is 13.4. The van der Waals surface area contributed by atoms with E-state index in [2.05, 4.69) is 0 Å². The van der Waals surface area contributed by atoms with Gasteiger partial charge in [0, 0.05) is 23.5 Å². The Labute approximate surface area is 248 Å². The summed E-state index contributed by atoms with van der Waals surface area (Å²) >= 11 is 0. The summed E-state index contributed by atoms with van der Waals surface area (Å²) in [6.07, 6.45) is 2.37. The lowest BCUT2D eigenvalue weighted by atomic mass is 9.84. The standard InChI is InChI=1S/C35H28O8/c1-39-24-13-9-21(10-14-24)17-18-41-28-6-4-3-5-25(28)27-20-31(36)42-29-16-15-26-33(37)30(43-34(26)32(27)29)19-22-7-11-23(12-8-22)35(38)40-2/h3-16,19,27H,17-18,20H2,1-2H3/b30-19-/t27-/m1/s1. The Kier molecular flexibility index (Phi) is 7.66. The molecule has 1 atom stereocenters. The summed E-state index contributed by atoms with van der Waals surface area (Å²) in [5.74, 6) is 0.729. The first-order valence-corrected chi connectivity index (χ1v) is 13.8. The summed E-state index contributed by atoms with van der Waals surface area (Å²) < 4.78 is 28.0. The highest BCUT2D eigenvalue weighted by Crippen LogP contribution is 2.50. The molecule has 6 rings (SSSR count). The summed E-state index contributed by atoms with van der Waals surface area (Å²) in [6.45, 7) is 0.427. The van der Waals surface area contributed by atoms with Gasteiger partial charge in [0.25, 0.3) is 0 Å². The van der Waals surface area contributed by atoms with E-state index >= 15 is 0 Å². The topological polar surface area (TPSA) is 97.4 Å². The van der Waals surface area contributed by atoms with Crippen LogP contribution in [0, 0.1) is 0 Å². The number of methoxy groups -OCH3 is 2. The average molecular weight is 577 g/mol. The summed E-state index contributed by atoms with van der Waals surface area (Å²) in [5.41, 5.74) is 3.99. The number of hydrogen-bond donors (Lipinski definition) is 0. The molecule has 0 saturated heterocycles. The second kappa shape index (κ2) is 11.9. The van der Waals surface area contributed by atoms with Gasteiger partial charge in [-0.2, -0.15) is 0 Å². The molecule has 0 fully saturated rings. The lowest BCUT2D eigenvalue weighted by molar-refractivity contribution is -0.135. The Hall–Kier alpha value is -5.37. The van der Waals surface area contributed by atoms with Crippen molar-refractivity contribution < 1.29 is 38.1 Å². The van der Waals surface area contributed by atoms with Crippen LogP contribution >= 0.6 is 0 Å². The molecule has 4 aromatic carbocycles. The normalized spacial score (nSPS) is 16.1. The van der Waals surface area contributed by atoms with Gasteiger partial charge in [-0.3, -0.25) is 9.59 Å². The van der Waals surface area contributed by atoms with Crippen molar-refractivity contribution in [3.8, 4) is 23.0 Å². The fraction of sp³-hybridized carbons (Fsp3) is 0.171. The molecule has 0 unspecified atom stereocenters. The van der Waals surface area contributed by atoms with Gasteiger partial charge >= 0.3 is 11.9 Å². The van der Waals surface area contributed by atoms with Crippen LogP contribution in [-0.2, 0) is 16.0 Å². The number of hydrogen-bond acceptors (Lipinski definition) is 8. The van der Waals surface area contributed by atoms with E-state index in [1.165, 1.54) is 7.11 Å². The van der Waals surface area contributed by atoms with E-state index in [1.54, 1.807) is 49.6 Å². The number of fused-ring (bicyclic) bond motifs is 3. The number of carbonyl (C=O) groups is 3. The van der Waals surface area contributed by atoms with Crippen LogP contribution in [0.15, 0.2) is 90.7 Å². The fourth-order valence-electron chi connectivity index (χ4n) is 5.33. The van der Waals surface area contributed by atoms with Crippen LogP contribution < -0.4 is 18.9 Å². The van der Waals surface area contributed by atoms with Crippen molar-refractivity contribution in [3.63, 3.8) is 0 Å². The maximum Gasteiger partial charge on any atom is 0.337 e. The summed E-state index contributed by atoms with van der Waals surface area (Å²) in [6, 6.07) is 25.3. The molecule has 43 heavy (non-hydrogen) atoms. The summed E-state index contributed by atoms with van der Waals surface area (Å²) in [5, 5.41) is 0. The van der Waals surface area contributed by atoms with Gasteiger partial charge in [-0.15, -0.1) is 0 Å². The fourth-order valence-corrected chi connectivity index (χ4v) is 5.33. The third-order valence-corrected chi connectivity index (χ3v) is 7.51. The van der Waals surface area contributed by atoms with Gasteiger partial charge in [-0.25, -0.2) is 4.79 Å². The summed E-state index contributed by atoms with van der Waals surface area (Å²) in [4.78, 5) is 37.9. The van der Waals surface area contributed by atoms with Gasteiger partial charge in [0.1, 0.15) is 23.0 Å². The first-order valence-electron chi connectivity index (χ1n) is 13.8. The minimum atomic E-state index is -0.449. The highest BCUT2D eigenvalue weighted by Gasteiger charge is 2.39. The highest BCUT2D eigenvalue weighted by molar-refractivity contribution is 6.15. The Morgan fingerprint density at radius 2 is 1.67 bits per heavy atom. The number of rotatable bonds is 8. The van der Waals surface area contributed by atoms with Gasteiger partial charge in [-0.05, 0) is 59.7 Å². The molecular formula is C35H28O8. The zero-order chi connectivity index (χ0) is 29.9. The SMILES string of the molecule is COC(=O)c1ccc(/C=C2\Oc3c(ccc4c3[C@@H](c3ccccc3OCCc3ccc(OC)cc3)CC(=O)O4)C2=O)cc1. The molecule has 0 bridgehead atoms. The molecule has 8 nitrogen and oxygen atoms in total. The van der Waals surface area contributed by atoms with Crippen LogP contribution in [0.2, 0.25) is 0 Å². The number of para-hydroxylation sites is 1. The van der Waals surface area contributed by atoms with E-state index in [-0.39, 0.29) is 23.9 Å². The third kappa shape index (κ3) is 5.59. The molecule has 0 spiro atoms. The largest absolute Gasteiger partial charge is 0.497 e. The summed E-state index contributed by atoms with van der Waals surface area (Å²) in [7, 11) is 2.95. The molecule has 2 heterocycles. The first-order chi connectivity index (χ1) is 20.9. The number of benzene rings is 4. The molecule has 0 radical (unpaired) electrons. The monoisotopic (exact) mass is 576 g/mol. The molecule has 2 aliphatic heterocycles. The zero-order valence-corrected chi connectivity index (χ0v) is 23.6. The lowest BCUT2D eigenvalue weighted by Crippen LogP contribution is -2.22. The third-order valence-electron chi connectivity index (χ3n) is 7.51. The molecule has 0 aliphatic carbocycles. The van der Waals surface area contributed by atoms with E-state index in [9.17, 15) is 14.4 Å². The van der Waals surface area contributed by atoms with Crippen molar-refractivity contribution in [2.75, 3.05) is 20.8 Å². The predicted molar refractivity (Wildman–Crippen MR) is 158 cm³/mol. The van der Waals surface area contributed by atoms with Crippen LogP contribution in [0.4, 0.5) is 0 Å². The van der Waals surface area contributed by atoms with E-state index in [0.29, 0.717) is 52.5 Å². The lowest BCUT2D eigenvalue weighted by Gasteiger charge is -2.27. The van der Waals surface area contributed by atoms with Gasteiger partial charge < -0.3 is 23.7 Å². The van der Waals surface area contributed by atoms with E-state index < -0.39 is 11.9 Å². The van der Waals surface area contributed by atoms with Crippen molar-refractivity contribution >= 4 is 23.8 Å². The smallest absolute Gasteiger partial charge is 0.337 e. The van der Waals surface area contributed by atoms with Crippen LogP contribution in [0.1, 0.15) is 55.3 Å². The highest BCUT2D eigenvalue weighted by atomic mass is 16.5. The average Bonchev–Trinajstić information content (AvgIpc) is 3.35. The maximum atomic E-state index is 13.4. The Balaban J connectivity index is 1.29. The van der Waals surface area contributed by atoms with Gasteiger partial charge in [-0.1, -0.05) is 42.5 Å². The zero-order valence-electron chi connectivity index (χ0n) is 23.6. The van der Waals surface area contributed by atoms with Crippen LogP contribution in [-0.4, -0.2) is 38.5 Å². The van der Waals surface area contributed by atoms with Crippen LogP contribution in [0.25, 0.3) is 6.08 Å². The second-order valence-electron chi connectivity index (χ2n) is 10.1. The van der Waals surface area contributed by atoms with Gasteiger partial charge in [0.15, 0.2) is 5.76 Å². The number of allylic oxidation sites excluding steroid dienone is 1. The molecular weight excluding hydrogens is 548 g/mol. The van der Waals surface area contributed by atoms with Crippen molar-refractivity contribution in [2.24, 2.45) is 0 Å². The number of carbonyl (C=O) groups excluding carboxylic acids is 3. The quantitative estimate of drug-likeness (QED) is 0.140. The Morgan fingerprint density at radius 1 is 0.907 bits per heavy atom. The number of ketones is 1. The van der Waals surface area contributed by atoms with E-state index in [1.807, 2.05) is 48.5 Å². The Bertz CT molecular complexity index is 1740. The molecule has 8 heteroatoms. The number of esters is 2. The molecule has 4 aromatic rings. The van der Waals surface area contributed by atoms with E-state index in [0.717, 1.165) is 16.9 Å². The van der Waals surface area contributed by atoms with Crippen LogP contribution in [0.3, 0.4) is 0 Å². The molecule has 0 saturated carbocycles. The van der Waals surface area contributed by atoms with Gasteiger partial charge in [0.05, 0.1) is 38.4 Å². The second-order valence-corrected chi connectivity index (χ2v) is 10.1. The van der Waals surface area contributed by atoms with Crippen LogP contribution in [0.5, 0.6) is 23.0 Å². The molecule has 0 N–H and O–H groups in total. The molecule has 0 aromatic heterocycles. The Morgan fingerprint density at radius 3 is 2.42 bits per heavy atom.